The molecule has 0 atom stereocenters. The molecule has 2 aromatic carbocycles. The number of nitrogens with one attached hydrogen (secondary N) is 3. The molecule has 1 aliphatic heterocycles. The van der Waals surface area contributed by atoms with Crippen LogP contribution in [0.1, 0.15) is 22.4 Å². The first-order chi connectivity index (χ1) is 17.3. The van der Waals surface area contributed by atoms with Crippen molar-refractivity contribution in [3.05, 3.63) is 89.3 Å². The molecule has 1 amide bonds. The van der Waals surface area contributed by atoms with E-state index < -0.39 is 17.6 Å². The lowest BCUT2D eigenvalue weighted by Gasteiger charge is -2.12. The number of anilines is 1. The number of nitrogens with zero attached hydrogens (tertiary/aromatic N) is 2. The van der Waals surface area contributed by atoms with Crippen LogP contribution in [0, 0.1) is 0 Å². The van der Waals surface area contributed by atoms with Crippen LogP contribution in [0.2, 0.25) is 0 Å². The Morgan fingerprint density at radius 3 is 2.72 bits per heavy atom. The summed E-state index contributed by atoms with van der Waals surface area (Å²) < 4.78 is 45.6. The maximum absolute atomic E-state index is 13.2. The van der Waals surface area contributed by atoms with Gasteiger partial charge in [0.15, 0.2) is 0 Å². The number of amides is 1. The summed E-state index contributed by atoms with van der Waals surface area (Å²) >= 11 is 0. The highest BCUT2D eigenvalue weighted by Crippen LogP contribution is 2.32. The second-order valence-electron chi connectivity index (χ2n) is 7.98. The summed E-state index contributed by atoms with van der Waals surface area (Å²) in [6, 6.07) is 14.0. The number of pyridine rings is 1. The fourth-order valence-electron chi connectivity index (χ4n) is 3.58. The van der Waals surface area contributed by atoms with E-state index in [1.165, 1.54) is 12.1 Å². The molecule has 0 fully saturated rings. The predicted molar refractivity (Wildman–Crippen MR) is 132 cm³/mol. The average Bonchev–Trinajstić information content (AvgIpc) is 3.38. The van der Waals surface area contributed by atoms with Crippen LogP contribution in [0.25, 0.3) is 6.08 Å². The molecule has 10 heteroatoms. The predicted octanol–water partition coefficient (Wildman–Crippen LogP) is 4.61. The minimum Gasteiger partial charge on any atom is -0.457 e. The summed E-state index contributed by atoms with van der Waals surface area (Å²) in [5.41, 5.74) is 1.02. The third kappa shape index (κ3) is 6.70. The van der Waals surface area contributed by atoms with Crippen molar-refractivity contribution in [1.82, 2.24) is 15.6 Å². The van der Waals surface area contributed by atoms with Crippen molar-refractivity contribution < 1.29 is 22.7 Å². The second-order valence-corrected chi connectivity index (χ2v) is 7.98. The van der Waals surface area contributed by atoms with Gasteiger partial charge in [-0.3, -0.25) is 14.8 Å². The molecule has 3 aromatic rings. The van der Waals surface area contributed by atoms with Crippen molar-refractivity contribution in [2.24, 2.45) is 4.99 Å². The van der Waals surface area contributed by atoms with Crippen molar-refractivity contribution in [3.63, 3.8) is 0 Å². The summed E-state index contributed by atoms with van der Waals surface area (Å²) in [6.45, 7) is 1.71. The summed E-state index contributed by atoms with van der Waals surface area (Å²) in [4.78, 5) is 21.1. The zero-order valence-electron chi connectivity index (χ0n) is 19.4. The van der Waals surface area contributed by atoms with Gasteiger partial charge in [0.25, 0.3) is 0 Å². The van der Waals surface area contributed by atoms with Gasteiger partial charge in [-0.05, 0) is 60.6 Å². The molecular weight excluding hydrogens is 471 g/mol. The first-order valence-corrected chi connectivity index (χ1v) is 11.2. The number of carbonyl (C=O) groups is 1. The number of ether oxygens (including phenoxy) is 1. The molecular formula is C26H24F3N5O2. The van der Waals surface area contributed by atoms with Gasteiger partial charge in [-0.15, -0.1) is 0 Å². The Morgan fingerprint density at radius 2 is 1.97 bits per heavy atom. The lowest BCUT2D eigenvalue weighted by molar-refractivity contribution is -0.137. The highest BCUT2D eigenvalue weighted by atomic mass is 19.4. The second kappa shape index (κ2) is 11.0. The molecule has 1 aliphatic rings. The van der Waals surface area contributed by atoms with Gasteiger partial charge in [0.05, 0.1) is 12.1 Å². The number of carbonyl (C=O) groups excluding carboxylic acids is 1. The Bertz CT molecular complexity index is 1300. The van der Waals surface area contributed by atoms with E-state index in [0.29, 0.717) is 34.9 Å². The topological polar surface area (TPSA) is 87.6 Å². The van der Waals surface area contributed by atoms with E-state index in [0.717, 1.165) is 24.5 Å². The van der Waals surface area contributed by atoms with Gasteiger partial charge >= 0.3 is 6.18 Å². The fraction of sp³-hybridized carbons (Fsp3) is 0.192. The minimum absolute atomic E-state index is 0.0663. The quantitative estimate of drug-likeness (QED) is 0.397. The van der Waals surface area contributed by atoms with Crippen molar-refractivity contribution in [2.75, 3.05) is 25.5 Å². The van der Waals surface area contributed by atoms with Crippen LogP contribution < -0.4 is 20.7 Å². The largest absolute Gasteiger partial charge is 0.457 e. The smallest absolute Gasteiger partial charge is 0.416 e. The number of amidine groups is 1. The van der Waals surface area contributed by atoms with Crippen LogP contribution in [0.5, 0.6) is 11.5 Å². The van der Waals surface area contributed by atoms with E-state index in [9.17, 15) is 18.0 Å². The van der Waals surface area contributed by atoms with Gasteiger partial charge in [-0.25, -0.2) is 0 Å². The van der Waals surface area contributed by atoms with Crippen LogP contribution in [0.3, 0.4) is 0 Å². The molecule has 0 spiro atoms. The highest BCUT2D eigenvalue weighted by molar-refractivity contribution is 6.02. The number of hydrogen-bond acceptors (Lipinski definition) is 6. The van der Waals surface area contributed by atoms with Crippen molar-refractivity contribution in [3.8, 4) is 11.5 Å². The number of halogens is 3. The number of aromatic nitrogens is 1. The number of benzene rings is 2. The van der Waals surface area contributed by atoms with Crippen LogP contribution in [-0.4, -0.2) is 36.9 Å². The lowest BCUT2D eigenvalue weighted by Crippen LogP contribution is -2.20. The molecule has 0 radical (unpaired) electrons. The molecule has 3 N–H and O–H groups in total. The Hall–Kier alpha value is -4.18. The molecule has 0 aliphatic carbocycles. The Balaban J connectivity index is 1.43. The van der Waals surface area contributed by atoms with Crippen LogP contribution in [0.15, 0.2) is 71.9 Å². The minimum atomic E-state index is -4.52. The van der Waals surface area contributed by atoms with Crippen LogP contribution >= 0.6 is 0 Å². The van der Waals surface area contributed by atoms with Gasteiger partial charge < -0.3 is 20.7 Å². The highest BCUT2D eigenvalue weighted by Gasteiger charge is 2.31. The molecule has 36 heavy (non-hydrogen) atoms. The van der Waals surface area contributed by atoms with E-state index in [1.807, 2.05) is 0 Å². The van der Waals surface area contributed by atoms with Gasteiger partial charge in [0.2, 0.25) is 5.91 Å². The third-order valence-electron chi connectivity index (χ3n) is 5.14. The number of aliphatic imine (C=N–C) groups is 1. The molecule has 1 aromatic heterocycles. The van der Waals surface area contributed by atoms with E-state index in [2.05, 4.69) is 25.9 Å². The van der Waals surface area contributed by atoms with E-state index in [4.69, 9.17) is 4.74 Å². The van der Waals surface area contributed by atoms with Gasteiger partial charge in [0.1, 0.15) is 23.0 Å². The number of alkyl halides is 3. The maximum atomic E-state index is 13.2. The zero-order valence-corrected chi connectivity index (χ0v) is 19.4. The summed E-state index contributed by atoms with van der Waals surface area (Å²) in [6.07, 6.45) is -0.0712. The monoisotopic (exact) mass is 495 g/mol. The van der Waals surface area contributed by atoms with Crippen molar-refractivity contribution in [1.29, 1.82) is 0 Å². The standard InChI is InChI=1S/C26H24F3N5O2/c1-30-16-18-11-19(26(27,28)29)14-20(12-18)34-24(35)6-5-17-3-2-4-21(13-17)36-22-7-8-31-23(15-22)25-32-9-10-33-25/h2-8,11-15,30H,9-10,16H2,1H3,(H,32,33)(H,34,35). The van der Waals surface area contributed by atoms with Gasteiger partial charge in [-0.2, -0.15) is 13.2 Å². The van der Waals surface area contributed by atoms with E-state index in [-0.39, 0.29) is 12.2 Å². The number of hydrogen-bond donors (Lipinski definition) is 3. The Labute approximate surface area is 206 Å². The first kappa shape index (κ1) is 24.9. The number of rotatable bonds is 8. The van der Waals surface area contributed by atoms with E-state index >= 15 is 0 Å². The zero-order chi connectivity index (χ0) is 25.5. The van der Waals surface area contributed by atoms with Crippen molar-refractivity contribution >= 4 is 23.5 Å². The normalized spacial score (nSPS) is 13.4. The maximum Gasteiger partial charge on any atom is 0.416 e. The molecule has 4 rings (SSSR count). The molecule has 0 bridgehead atoms. The molecule has 0 saturated carbocycles. The van der Waals surface area contributed by atoms with Crippen LogP contribution in [0.4, 0.5) is 18.9 Å². The average molecular weight is 496 g/mol. The summed E-state index contributed by atoms with van der Waals surface area (Å²) in [5, 5.41) is 8.48. The SMILES string of the molecule is CNCc1cc(NC(=O)C=Cc2cccc(Oc3ccnc(C4=NCCN4)c3)c2)cc(C(F)(F)F)c1. The fourth-order valence-corrected chi connectivity index (χ4v) is 3.58. The summed E-state index contributed by atoms with van der Waals surface area (Å²) in [5.74, 6) is 1.30. The van der Waals surface area contributed by atoms with Gasteiger partial charge in [-0.1, -0.05) is 12.1 Å². The van der Waals surface area contributed by atoms with Gasteiger partial charge in [0, 0.05) is 37.1 Å². The molecule has 2 heterocycles. The van der Waals surface area contributed by atoms with E-state index in [1.54, 1.807) is 55.7 Å². The molecule has 186 valence electrons. The third-order valence-corrected chi connectivity index (χ3v) is 5.14. The Morgan fingerprint density at radius 1 is 1.14 bits per heavy atom. The Kier molecular flexibility index (Phi) is 7.65. The molecule has 0 unspecified atom stereocenters. The van der Waals surface area contributed by atoms with Crippen LogP contribution in [-0.2, 0) is 17.5 Å². The molecule has 0 saturated heterocycles. The first-order valence-electron chi connectivity index (χ1n) is 11.2. The molecule has 7 nitrogen and oxygen atoms in total. The van der Waals surface area contributed by atoms with Crippen molar-refractivity contribution in [2.45, 2.75) is 12.7 Å². The summed E-state index contributed by atoms with van der Waals surface area (Å²) in [7, 11) is 1.63. The lowest BCUT2D eigenvalue weighted by atomic mass is 10.1.